The van der Waals surface area contributed by atoms with Crippen LogP contribution in [0.3, 0.4) is 0 Å². The lowest BCUT2D eigenvalue weighted by atomic mass is 10.2. The topological polar surface area (TPSA) is 65.4 Å². The van der Waals surface area contributed by atoms with Crippen LogP contribution in [-0.4, -0.2) is 9.55 Å². The van der Waals surface area contributed by atoms with Gasteiger partial charge in [0.2, 0.25) is 0 Å². The predicted molar refractivity (Wildman–Crippen MR) is 72.6 cm³/mol. The zero-order valence-electron chi connectivity index (χ0n) is 9.87. The van der Waals surface area contributed by atoms with Crippen LogP contribution in [0.4, 0.5) is 0 Å². The van der Waals surface area contributed by atoms with Gasteiger partial charge in [-0.1, -0.05) is 18.2 Å². The zero-order chi connectivity index (χ0) is 13.2. The molecule has 0 radical (unpaired) electrons. The Morgan fingerprint density at radius 1 is 1.21 bits per heavy atom. The van der Waals surface area contributed by atoms with E-state index in [1.165, 1.54) is 10.1 Å². The third kappa shape index (κ3) is 1.87. The van der Waals surface area contributed by atoms with Gasteiger partial charge in [-0.15, -0.1) is 11.3 Å². The van der Waals surface area contributed by atoms with Crippen molar-refractivity contribution in [1.29, 1.82) is 10.5 Å². The van der Waals surface area contributed by atoms with E-state index in [2.05, 4.69) is 22.5 Å². The SMILES string of the molecule is N#Cc1ncn(Cc2csc3ccccc23)c1C#N. The Morgan fingerprint density at radius 2 is 2.05 bits per heavy atom. The lowest BCUT2D eigenvalue weighted by Gasteiger charge is -2.02. The number of hydrogen-bond acceptors (Lipinski definition) is 4. The Kier molecular flexibility index (Phi) is 2.75. The average Bonchev–Trinajstić information content (AvgIpc) is 3.03. The minimum Gasteiger partial charge on any atom is -0.317 e. The Hall–Kier alpha value is -2.63. The highest BCUT2D eigenvalue weighted by atomic mass is 32.1. The summed E-state index contributed by atoms with van der Waals surface area (Å²) in [7, 11) is 0. The molecule has 4 nitrogen and oxygen atoms in total. The third-order valence-corrected chi connectivity index (χ3v) is 3.96. The van der Waals surface area contributed by atoms with Crippen LogP contribution in [0.5, 0.6) is 0 Å². The fraction of sp³-hybridized carbons (Fsp3) is 0.0714. The number of aromatic nitrogens is 2. The second kappa shape index (κ2) is 4.56. The van der Waals surface area contributed by atoms with Gasteiger partial charge in [-0.25, -0.2) is 4.98 Å². The number of nitriles is 2. The zero-order valence-corrected chi connectivity index (χ0v) is 10.7. The first kappa shape index (κ1) is 11.5. The molecule has 90 valence electrons. The average molecular weight is 264 g/mol. The van der Waals surface area contributed by atoms with Crippen LogP contribution in [0.25, 0.3) is 10.1 Å². The second-order valence-corrected chi connectivity index (χ2v) is 4.96. The number of nitrogens with zero attached hydrogens (tertiary/aromatic N) is 4. The molecule has 0 aliphatic heterocycles. The Balaban J connectivity index is 2.05. The van der Waals surface area contributed by atoms with Gasteiger partial charge in [0.1, 0.15) is 12.1 Å². The first-order valence-electron chi connectivity index (χ1n) is 5.64. The molecule has 0 saturated heterocycles. The molecule has 3 aromatic rings. The molecule has 2 heterocycles. The molecule has 0 fully saturated rings. The summed E-state index contributed by atoms with van der Waals surface area (Å²) in [5.41, 5.74) is 1.64. The molecule has 0 aliphatic rings. The molecule has 1 aromatic carbocycles. The molecule has 0 amide bonds. The van der Waals surface area contributed by atoms with Crippen molar-refractivity contribution in [2.45, 2.75) is 6.54 Å². The van der Waals surface area contributed by atoms with Crippen LogP contribution in [0.2, 0.25) is 0 Å². The summed E-state index contributed by atoms with van der Waals surface area (Å²) < 4.78 is 2.93. The fourth-order valence-electron chi connectivity index (χ4n) is 2.04. The molecule has 0 N–H and O–H groups in total. The first-order chi connectivity index (χ1) is 9.33. The van der Waals surface area contributed by atoms with Crippen molar-refractivity contribution in [2.75, 3.05) is 0 Å². The number of hydrogen-bond donors (Lipinski definition) is 0. The highest BCUT2D eigenvalue weighted by Crippen LogP contribution is 2.26. The van der Waals surface area contributed by atoms with Crippen molar-refractivity contribution < 1.29 is 0 Å². The van der Waals surface area contributed by atoms with Crippen molar-refractivity contribution >= 4 is 21.4 Å². The molecular weight excluding hydrogens is 256 g/mol. The van der Waals surface area contributed by atoms with E-state index in [1.807, 2.05) is 24.3 Å². The van der Waals surface area contributed by atoms with Crippen molar-refractivity contribution in [3.05, 3.63) is 52.9 Å². The molecule has 0 unspecified atom stereocenters. The molecular formula is C14H8N4S. The van der Waals surface area contributed by atoms with E-state index in [4.69, 9.17) is 10.5 Å². The maximum Gasteiger partial charge on any atom is 0.176 e. The van der Waals surface area contributed by atoms with Gasteiger partial charge in [-0.2, -0.15) is 10.5 Å². The normalized spacial score (nSPS) is 10.2. The summed E-state index contributed by atoms with van der Waals surface area (Å²) in [5, 5.41) is 21.3. The molecule has 0 aliphatic carbocycles. The van der Waals surface area contributed by atoms with E-state index in [9.17, 15) is 0 Å². The molecule has 0 saturated carbocycles. The molecule has 0 atom stereocenters. The van der Waals surface area contributed by atoms with Gasteiger partial charge in [-0.05, 0) is 22.4 Å². The summed E-state index contributed by atoms with van der Waals surface area (Å²) in [6, 6.07) is 12.1. The molecule has 2 aromatic heterocycles. The monoisotopic (exact) mass is 264 g/mol. The van der Waals surface area contributed by atoms with Gasteiger partial charge in [0.25, 0.3) is 0 Å². The number of rotatable bonds is 2. The Morgan fingerprint density at radius 3 is 2.84 bits per heavy atom. The van der Waals surface area contributed by atoms with Gasteiger partial charge in [0, 0.05) is 4.70 Å². The summed E-state index contributed by atoms with van der Waals surface area (Å²) in [6.45, 7) is 0.557. The molecule has 3 rings (SSSR count). The predicted octanol–water partition coefficient (Wildman–Crippen LogP) is 2.89. The molecule has 19 heavy (non-hydrogen) atoms. The fourth-order valence-corrected chi connectivity index (χ4v) is 2.99. The van der Waals surface area contributed by atoms with Gasteiger partial charge in [0.15, 0.2) is 11.4 Å². The van der Waals surface area contributed by atoms with Gasteiger partial charge < -0.3 is 4.57 Å². The Labute approximate surface area is 113 Å². The van der Waals surface area contributed by atoms with E-state index < -0.39 is 0 Å². The van der Waals surface area contributed by atoms with E-state index >= 15 is 0 Å². The van der Waals surface area contributed by atoms with Gasteiger partial charge in [0.05, 0.1) is 12.9 Å². The maximum atomic E-state index is 9.10. The summed E-state index contributed by atoms with van der Waals surface area (Å²) in [5.74, 6) is 0. The minimum absolute atomic E-state index is 0.182. The lowest BCUT2D eigenvalue weighted by molar-refractivity contribution is 0.792. The van der Waals surface area contributed by atoms with Crippen LogP contribution in [0, 0.1) is 22.7 Å². The first-order valence-corrected chi connectivity index (χ1v) is 6.52. The van der Waals surface area contributed by atoms with Crippen LogP contribution in [0.1, 0.15) is 17.0 Å². The van der Waals surface area contributed by atoms with E-state index in [1.54, 1.807) is 22.2 Å². The van der Waals surface area contributed by atoms with E-state index in [0.717, 1.165) is 5.56 Å². The summed E-state index contributed by atoms with van der Waals surface area (Å²) in [6.07, 6.45) is 1.55. The molecule has 0 spiro atoms. The highest BCUT2D eigenvalue weighted by molar-refractivity contribution is 7.17. The standard InChI is InChI=1S/C14H8N4S/c15-5-12-13(6-16)18(9-17-12)7-10-8-19-14-4-2-1-3-11(10)14/h1-4,8-9H,7H2. The quantitative estimate of drug-likeness (QED) is 0.714. The second-order valence-electron chi connectivity index (χ2n) is 4.05. The van der Waals surface area contributed by atoms with Gasteiger partial charge >= 0.3 is 0 Å². The molecule has 5 heteroatoms. The number of fused-ring (bicyclic) bond motifs is 1. The Bertz CT molecular complexity index is 829. The highest BCUT2D eigenvalue weighted by Gasteiger charge is 2.11. The lowest BCUT2D eigenvalue weighted by Crippen LogP contribution is -2.00. The summed E-state index contributed by atoms with van der Waals surface area (Å²) >= 11 is 1.68. The van der Waals surface area contributed by atoms with Gasteiger partial charge in [-0.3, -0.25) is 0 Å². The minimum atomic E-state index is 0.182. The van der Waals surface area contributed by atoms with Crippen LogP contribution < -0.4 is 0 Å². The van der Waals surface area contributed by atoms with Crippen molar-refractivity contribution in [3.63, 3.8) is 0 Å². The number of benzene rings is 1. The molecule has 0 bridgehead atoms. The van der Waals surface area contributed by atoms with Crippen LogP contribution in [-0.2, 0) is 6.54 Å². The smallest absolute Gasteiger partial charge is 0.176 e. The number of thiophene rings is 1. The maximum absolute atomic E-state index is 9.10. The van der Waals surface area contributed by atoms with Crippen molar-refractivity contribution in [1.82, 2.24) is 9.55 Å². The summed E-state index contributed by atoms with van der Waals surface area (Å²) in [4.78, 5) is 3.95. The van der Waals surface area contributed by atoms with Crippen LogP contribution in [0.15, 0.2) is 36.0 Å². The van der Waals surface area contributed by atoms with E-state index in [-0.39, 0.29) is 5.69 Å². The van der Waals surface area contributed by atoms with Crippen LogP contribution >= 0.6 is 11.3 Å². The van der Waals surface area contributed by atoms with Crippen molar-refractivity contribution in [2.24, 2.45) is 0 Å². The largest absolute Gasteiger partial charge is 0.317 e. The third-order valence-electron chi connectivity index (χ3n) is 2.95. The number of imidazole rings is 1. The van der Waals surface area contributed by atoms with Crippen molar-refractivity contribution in [3.8, 4) is 12.1 Å². The van der Waals surface area contributed by atoms with E-state index in [0.29, 0.717) is 12.2 Å².